The highest BCUT2D eigenvalue weighted by molar-refractivity contribution is 5.41. The van der Waals surface area contributed by atoms with Crippen LogP contribution in [0.1, 0.15) is 40.9 Å². The van der Waals surface area contributed by atoms with Gasteiger partial charge in [-0.25, -0.2) is 0 Å². The maximum atomic E-state index is 10.3. The largest absolute Gasteiger partial charge is 0.485 e. The molecule has 0 saturated carbocycles. The lowest BCUT2D eigenvalue weighted by Crippen LogP contribution is -2.20. The standard InChI is InChI=1S/C17H18O2/c1-11-6-5-7-12(2)17(11)16-10-14(18)13-8-3-4-9-15(13)19-16/h3-9,14,16,18H,10H2,1-2H3/t14-,16?/m0/s1. The van der Waals surface area contributed by atoms with Gasteiger partial charge in [-0.1, -0.05) is 36.4 Å². The Morgan fingerprint density at radius 3 is 2.42 bits per heavy atom. The van der Waals surface area contributed by atoms with Gasteiger partial charge in [-0.05, 0) is 36.6 Å². The molecule has 1 heterocycles. The minimum Gasteiger partial charge on any atom is -0.485 e. The zero-order chi connectivity index (χ0) is 13.4. The van der Waals surface area contributed by atoms with Crippen LogP contribution in [0, 0.1) is 13.8 Å². The summed E-state index contributed by atoms with van der Waals surface area (Å²) in [6, 6.07) is 14.0. The summed E-state index contributed by atoms with van der Waals surface area (Å²) in [4.78, 5) is 0. The number of aliphatic hydroxyl groups is 1. The summed E-state index contributed by atoms with van der Waals surface area (Å²) in [5.41, 5.74) is 4.54. The van der Waals surface area contributed by atoms with E-state index in [1.807, 2.05) is 24.3 Å². The maximum absolute atomic E-state index is 10.3. The zero-order valence-corrected chi connectivity index (χ0v) is 11.3. The van der Waals surface area contributed by atoms with Gasteiger partial charge in [-0.15, -0.1) is 0 Å². The Morgan fingerprint density at radius 1 is 1.00 bits per heavy atom. The molecule has 0 aliphatic carbocycles. The monoisotopic (exact) mass is 254 g/mol. The second-order valence-corrected chi connectivity index (χ2v) is 5.20. The van der Waals surface area contributed by atoms with Crippen molar-refractivity contribution >= 4 is 0 Å². The van der Waals surface area contributed by atoms with E-state index >= 15 is 0 Å². The fraction of sp³-hybridized carbons (Fsp3) is 0.294. The Kier molecular flexibility index (Phi) is 3.03. The minimum atomic E-state index is -0.450. The van der Waals surface area contributed by atoms with Crippen LogP contribution in [0.3, 0.4) is 0 Å². The smallest absolute Gasteiger partial charge is 0.127 e. The third-order valence-electron chi connectivity index (χ3n) is 3.85. The van der Waals surface area contributed by atoms with Gasteiger partial charge in [0.25, 0.3) is 0 Å². The van der Waals surface area contributed by atoms with E-state index in [0.717, 1.165) is 11.3 Å². The van der Waals surface area contributed by atoms with E-state index in [2.05, 4.69) is 32.0 Å². The molecule has 1 N–H and O–H groups in total. The lowest BCUT2D eigenvalue weighted by molar-refractivity contribution is 0.0652. The van der Waals surface area contributed by atoms with Gasteiger partial charge >= 0.3 is 0 Å². The van der Waals surface area contributed by atoms with Gasteiger partial charge in [-0.3, -0.25) is 0 Å². The Morgan fingerprint density at radius 2 is 1.68 bits per heavy atom. The molecule has 0 amide bonds. The predicted octanol–water partition coefficient (Wildman–Crippen LogP) is 3.86. The van der Waals surface area contributed by atoms with Gasteiger partial charge in [0.1, 0.15) is 11.9 Å². The van der Waals surface area contributed by atoms with Crippen LogP contribution in [-0.4, -0.2) is 5.11 Å². The van der Waals surface area contributed by atoms with Gasteiger partial charge in [-0.2, -0.15) is 0 Å². The Balaban J connectivity index is 2.02. The van der Waals surface area contributed by atoms with Crippen molar-refractivity contribution in [2.75, 3.05) is 0 Å². The number of aryl methyl sites for hydroxylation is 2. The topological polar surface area (TPSA) is 29.5 Å². The van der Waals surface area contributed by atoms with E-state index < -0.39 is 6.10 Å². The van der Waals surface area contributed by atoms with Crippen LogP contribution in [0.4, 0.5) is 0 Å². The fourth-order valence-electron chi connectivity index (χ4n) is 2.91. The summed E-state index contributed by atoms with van der Waals surface area (Å²) in [6.07, 6.45) is 0.1000. The van der Waals surface area contributed by atoms with Crippen LogP contribution < -0.4 is 4.74 Å². The molecule has 0 aromatic heterocycles. The average Bonchev–Trinajstić information content (AvgIpc) is 2.38. The Bertz CT molecular complexity index is 584. The van der Waals surface area contributed by atoms with Crippen molar-refractivity contribution in [1.29, 1.82) is 0 Å². The average molecular weight is 254 g/mol. The third kappa shape index (κ3) is 2.13. The van der Waals surface area contributed by atoms with Crippen molar-refractivity contribution in [3.05, 3.63) is 64.7 Å². The number of para-hydroxylation sites is 1. The first-order valence-electron chi connectivity index (χ1n) is 6.66. The van der Waals surface area contributed by atoms with E-state index in [9.17, 15) is 5.11 Å². The van der Waals surface area contributed by atoms with E-state index in [4.69, 9.17) is 4.74 Å². The van der Waals surface area contributed by atoms with Crippen LogP contribution >= 0.6 is 0 Å². The van der Waals surface area contributed by atoms with Gasteiger partial charge in [0.15, 0.2) is 0 Å². The molecule has 2 aromatic carbocycles. The summed E-state index contributed by atoms with van der Waals surface area (Å²) >= 11 is 0. The number of hydrogen-bond donors (Lipinski definition) is 1. The number of hydrogen-bond acceptors (Lipinski definition) is 2. The molecule has 1 unspecified atom stereocenters. The molecular weight excluding hydrogens is 236 g/mol. The molecule has 2 aromatic rings. The van der Waals surface area contributed by atoms with Gasteiger partial charge < -0.3 is 9.84 Å². The minimum absolute atomic E-state index is 0.0638. The maximum Gasteiger partial charge on any atom is 0.127 e. The normalized spacial score (nSPS) is 21.6. The molecule has 1 aliphatic rings. The molecule has 2 nitrogen and oxygen atoms in total. The van der Waals surface area contributed by atoms with E-state index in [0.29, 0.717) is 6.42 Å². The summed E-state index contributed by atoms with van der Waals surface area (Å²) in [5.74, 6) is 0.800. The number of ether oxygens (including phenoxy) is 1. The first kappa shape index (κ1) is 12.2. The van der Waals surface area contributed by atoms with Crippen molar-refractivity contribution in [3.63, 3.8) is 0 Å². The highest BCUT2D eigenvalue weighted by Gasteiger charge is 2.29. The second-order valence-electron chi connectivity index (χ2n) is 5.20. The predicted molar refractivity (Wildman–Crippen MR) is 75.3 cm³/mol. The molecule has 0 radical (unpaired) electrons. The van der Waals surface area contributed by atoms with Crippen LogP contribution in [0.5, 0.6) is 5.75 Å². The van der Waals surface area contributed by atoms with Gasteiger partial charge in [0.2, 0.25) is 0 Å². The molecule has 0 saturated heterocycles. The first-order chi connectivity index (χ1) is 9.16. The van der Waals surface area contributed by atoms with Crippen molar-refractivity contribution in [3.8, 4) is 5.75 Å². The van der Waals surface area contributed by atoms with E-state index in [-0.39, 0.29) is 6.10 Å². The molecular formula is C17H18O2. The van der Waals surface area contributed by atoms with Gasteiger partial charge in [0.05, 0.1) is 6.10 Å². The fourth-order valence-corrected chi connectivity index (χ4v) is 2.91. The van der Waals surface area contributed by atoms with E-state index in [1.165, 1.54) is 16.7 Å². The van der Waals surface area contributed by atoms with Crippen LogP contribution in [0.2, 0.25) is 0 Å². The molecule has 0 fully saturated rings. The molecule has 1 aliphatic heterocycles. The molecule has 2 atom stereocenters. The first-order valence-corrected chi connectivity index (χ1v) is 6.66. The Labute approximate surface area is 113 Å². The van der Waals surface area contributed by atoms with Crippen LogP contribution in [-0.2, 0) is 0 Å². The zero-order valence-electron chi connectivity index (χ0n) is 11.3. The lowest BCUT2D eigenvalue weighted by atomic mass is 9.90. The quantitative estimate of drug-likeness (QED) is 0.837. The molecule has 19 heavy (non-hydrogen) atoms. The second kappa shape index (κ2) is 4.71. The highest BCUT2D eigenvalue weighted by Crippen LogP contribution is 2.41. The summed E-state index contributed by atoms with van der Waals surface area (Å²) in [6.45, 7) is 4.19. The highest BCUT2D eigenvalue weighted by atomic mass is 16.5. The number of aliphatic hydroxyl groups excluding tert-OH is 1. The van der Waals surface area contributed by atoms with Gasteiger partial charge in [0, 0.05) is 12.0 Å². The lowest BCUT2D eigenvalue weighted by Gasteiger charge is -2.31. The number of benzene rings is 2. The number of fused-ring (bicyclic) bond motifs is 1. The number of rotatable bonds is 1. The summed E-state index contributed by atoms with van der Waals surface area (Å²) < 4.78 is 6.09. The van der Waals surface area contributed by atoms with Crippen LogP contribution in [0.15, 0.2) is 42.5 Å². The Hall–Kier alpha value is -1.80. The molecule has 0 spiro atoms. The van der Waals surface area contributed by atoms with Crippen molar-refractivity contribution in [1.82, 2.24) is 0 Å². The molecule has 3 rings (SSSR count). The van der Waals surface area contributed by atoms with Crippen LogP contribution in [0.25, 0.3) is 0 Å². The summed E-state index contributed by atoms with van der Waals surface area (Å²) in [7, 11) is 0. The van der Waals surface area contributed by atoms with Crippen molar-refractivity contribution in [2.45, 2.75) is 32.5 Å². The summed E-state index contributed by atoms with van der Waals surface area (Å²) in [5, 5.41) is 10.3. The molecule has 0 bridgehead atoms. The van der Waals surface area contributed by atoms with E-state index in [1.54, 1.807) is 0 Å². The third-order valence-corrected chi connectivity index (χ3v) is 3.85. The molecule has 2 heteroatoms. The SMILES string of the molecule is Cc1cccc(C)c1C1C[C@H](O)c2ccccc2O1. The molecule has 98 valence electrons. The van der Waals surface area contributed by atoms with Crippen molar-refractivity contribution in [2.24, 2.45) is 0 Å². The van der Waals surface area contributed by atoms with Crippen molar-refractivity contribution < 1.29 is 9.84 Å².